The highest BCUT2D eigenvalue weighted by atomic mass is 16.2. The lowest BCUT2D eigenvalue weighted by atomic mass is 9.82. The number of likely N-dealkylation sites (tertiary alicyclic amines) is 1. The molecule has 22 heavy (non-hydrogen) atoms. The van der Waals surface area contributed by atoms with Gasteiger partial charge < -0.3 is 10.2 Å². The summed E-state index contributed by atoms with van der Waals surface area (Å²) in [7, 11) is 0. The zero-order chi connectivity index (χ0) is 15.7. The van der Waals surface area contributed by atoms with Crippen LogP contribution in [0.15, 0.2) is 0 Å². The number of hydrogen-bond acceptors (Lipinski definition) is 3. The van der Waals surface area contributed by atoms with Crippen LogP contribution in [-0.4, -0.2) is 52.3 Å². The van der Waals surface area contributed by atoms with E-state index in [-0.39, 0.29) is 24.4 Å². The largest absolute Gasteiger partial charge is 0.338 e. The second-order valence-electron chi connectivity index (χ2n) is 6.90. The molecule has 0 bridgehead atoms. The smallest absolute Gasteiger partial charge is 0.325 e. The fourth-order valence-electron chi connectivity index (χ4n) is 4.01. The van der Waals surface area contributed by atoms with Crippen molar-refractivity contribution in [3.05, 3.63) is 0 Å². The van der Waals surface area contributed by atoms with E-state index in [2.05, 4.69) is 5.32 Å². The maximum Gasteiger partial charge on any atom is 0.325 e. The Morgan fingerprint density at radius 2 is 1.91 bits per heavy atom. The van der Waals surface area contributed by atoms with Crippen molar-refractivity contribution in [1.82, 2.24) is 15.1 Å². The molecule has 2 aliphatic heterocycles. The van der Waals surface area contributed by atoms with Gasteiger partial charge in [0, 0.05) is 12.6 Å². The molecule has 1 N–H and O–H groups in total. The zero-order valence-electron chi connectivity index (χ0n) is 13.3. The summed E-state index contributed by atoms with van der Waals surface area (Å²) in [6.45, 7) is 2.65. The van der Waals surface area contributed by atoms with Crippen LogP contribution in [0.5, 0.6) is 0 Å². The number of nitrogens with zero attached hydrogens (tertiary/aromatic N) is 2. The molecule has 3 rings (SSSR count). The third kappa shape index (κ3) is 2.59. The lowest BCUT2D eigenvalue weighted by Gasteiger charge is -2.34. The molecule has 1 spiro atoms. The fourth-order valence-corrected chi connectivity index (χ4v) is 4.01. The highest BCUT2D eigenvalue weighted by Crippen LogP contribution is 2.33. The van der Waals surface area contributed by atoms with Crippen LogP contribution < -0.4 is 5.32 Å². The van der Waals surface area contributed by atoms with E-state index in [1.807, 2.05) is 11.8 Å². The van der Waals surface area contributed by atoms with Gasteiger partial charge in [-0.1, -0.05) is 19.3 Å². The second kappa shape index (κ2) is 5.89. The average Bonchev–Trinajstić information content (AvgIpc) is 2.73. The molecule has 0 aromatic heterocycles. The Bertz CT molecular complexity index is 485. The van der Waals surface area contributed by atoms with Crippen molar-refractivity contribution in [2.24, 2.45) is 0 Å². The number of carbonyl (C=O) groups is 3. The van der Waals surface area contributed by atoms with Gasteiger partial charge in [0.15, 0.2) is 0 Å². The number of nitrogens with one attached hydrogen (secondary N) is 1. The first-order chi connectivity index (χ1) is 10.5. The Morgan fingerprint density at radius 3 is 2.59 bits per heavy atom. The normalized spacial score (nSPS) is 28.1. The number of rotatable bonds is 2. The van der Waals surface area contributed by atoms with Gasteiger partial charge in [0.2, 0.25) is 5.91 Å². The van der Waals surface area contributed by atoms with Crippen LogP contribution in [0.4, 0.5) is 4.79 Å². The lowest BCUT2D eigenvalue weighted by Crippen LogP contribution is -2.50. The molecule has 122 valence electrons. The second-order valence-corrected chi connectivity index (χ2v) is 6.90. The number of urea groups is 1. The van der Waals surface area contributed by atoms with Crippen molar-refractivity contribution in [1.29, 1.82) is 0 Å². The minimum atomic E-state index is -0.733. The molecule has 1 unspecified atom stereocenters. The van der Waals surface area contributed by atoms with E-state index < -0.39 is 11.6 Å². The molecule has 2 heterocycles. The van der Waals surface area contributed by atoms with Crippen LogP contribution >= 0.6 is 0 Å². The number of imide groups is 1. The molecule has 2 saturated heterocycles. The summed E-state index contributed by atoms with van der Waals surface area (Å²) in [6, 6.07) is -0.199. The quantitative estimate of drug-likeness (QED) is 0.789. The highest BCUT2D eigenvalue weighted by Gasteiger charge is 2.51. The molecule has 0 radical (unpaired) electrons. The first-order valence-electron chi connectivity index (χ1n) is 8.47. The highest BCUT2D eigenvalue weighted by molar-refractivity contribution is 6.09. The Kier molecular flexibility index (Phi) is 4.10. The minimum absolute atomic E-state index is 0.108. The maximum atomic E-state index is 12.7. The monoisotopic (exact) mass is 307 g/mol. The molecule has 6 nitrogen and oxygen atoms in total. The first kappa shape index (κ1) is 15.3. The van der Waals surface area contributed by atoms with Gasteiger partial charge in [-0.05, 0) is 39.0 Å². The van der Waals surface area contributed by atoms with Crippen LogP contribution in [-0.2, 0) is 9.59 Å². The van der Waals surface area contributed by atoms with Gasteiger partial charge in [0.25, 0.3) is 5.91 Å². The van der Waals surface area contributed by atoms with Crippen LogP contribution in [0.25, 0.3) is 0 Å². The van der Waals surface area contributed by atoms with E-state index in [9.17, 15) is 14.4 Å². The van der Waals surface area contributed by atoms with Gasteiger partial charge in [-0.15, -0.1) is 0 Å². The van der Waals surface area contributed by atoms with Crippen LogP contribution in [0.1, 0.15) is 58.3 Å². The van der Waals surface area contributed by atoms with Crippen molar-refractivity contribution in [2.45, 2.75) is 69.9 Å². The summed E-state index contributed by atoms with van der Waals surface area (Å²) in [5, 5.41) is 2.86. The van der Waals surface area contributed by atoms with Crippen molar-refractivity contribution in [2.75, 3.05) is 13.1 Å². The summed E-state index contributed by atoms with van der Waals surface area (Å²) in [6.07, 6.45) is 7.54. The van der Waals surface area contributed by atoms with Gasteiger partial charge >= 0.3 is 6.03 Å². The molecule has 3 fully saturated rings. The predicted octanol–water partition coefficient (Wildman–Crippen LogP) is 1.64. The average molecular weight is 307 g/mol. The maximum absolute atomic E-state index is 12.7. The Hall–Kier alpha value is -1.59. The van der Waals surface area contributed by atoms with Crippen molar-refractivity contribution < 1.29 is 14.4 Å². The van der Waals surface area contributed by atoms with Gasteiger partial charge in [0.1, 0.15) is 12.1 Å². The summed E-state index contributed by atoms with van der Waals surface area (Å²) < 4.78 is 0. The van der Waals surface area contributed by atoms with E-state index in [1.54, 1.807) is 0 Å². The van der Waals surface area contributed by atoms with Crippen molar-refractivity contribution >= 4 is 17.8 Å². The molecule has 3 aliphatic rings. The van der Waals surface area contributed by atoms with Gasteiger partial charge in [0.05, 0.1) is 0 Å². The molecule has 1 atom stereocenters. The summed E-state index contributed by atoms with van der Waals surface area (Å²) in [4.78, 5) is 40.3. The van der Waals surface area contributed by atoms with Crippen molar-refractivity contribution in [3.63, 3.8) is 0 Å². The third-order valence-electron chi connectivity index (χ3n) is 5.37. The molecular formula is C16H25N3O3. The summed E-state index contributed by atoms with van der Waals surface area (Å²) in [5.41, 5.74) is -0.733. The molecule has 4 amide bonds. The molecule has 6 heteroatoms. The minimum Gasteiger partial charge on any atom is -0.338 e. The molecular weight excluding hydrogens is 282 g/mol. The Labute approximate surface area is 131 Å². The van der Waals surface area contributed by atoms with Gasteiger partial charge in [-0.3, -0.25) is 14.5 Å². The molecule has 0 aromatic carbocycles. The fraction of sp³-hybridized carbons (Fsp3) is 0.812. The topological polar surface area (TPSA) is 69.7 Å². The number of hydrogen-bond donors (Lipinski definition) is 1. The van der Waals surface area contributed by atoms with E-state index >= 15 is 0 Å². The van der Waals surface area contributed by atoms with E-state index in [0.717, 1.165) is 50.0 Å². The SMILES string of the molecule is CC1CCCCN1C(=O)CN1C(=O)NC2(CCCCC2)C1=O. The van der Waals surface area contributed by atoms with Gasteiger partial charge in [-0.25, -0.2) is 4.79 Å². The number of carbonyl (C=O) groups excluding carboxylic acids is 3. The van der Waals surface area contributed by atoms with Crippen molar-refractivity contribution in [3.8, 4) is 0 Å². The van der Waals surface area contributed by atoms with E-state index in [0.29, 0.717) is 12.8 Å². The van der Waals surface area contributed by atoms with Crippen LogP contribution in [0.2, 0.25) is 0 Å². The molecule has 1 aliphatic carbocycles. The molecule has 1 saturated carbocycles. The first-order valence-corrected chi connectivity index (χ1v) is 8.47. The van der Waals surface area contributed by atoms with E-state index in [4.69, 9.17) is 0 Å². The van der Waals surface area contributed by atoms with Crippen LogP contribution in [0, 0.1) is 0 Å². The third-order valence-corrected chi connectivity index (χ3v) is 5.37. The zero-order valence-corrected chi connectivity index (χ0v) is 13.3. The Morgan fingerprint density at radius 1 is 1.18 bits per heavy atom. The standard InChI is InChI=1S/C16H25N3O3/c1-12-7-3-6-10-18(12)13(20)11-19-14(21)16(17-15(19)22)8-4-2-5-9-16/h12H,2-11H2,1H3,(H,17,22). The summed E-state index contributed by atoms with van der Waals surface area (Å²) in [5.74, 6) is -0.307. The Balaban J connectivity index is 1.68. The van der Waals surface area contributed by atoms with E-state index in [1.165, 1.54) is 0 Å². The number of piperidine rings is 1. The summed E-state index contributed by atoms with van der Waals surface area (Å²) >= 11 is 0. The lowest BCUT2D eigenvalue weighted by molar-refractivity contribution is -0.141. The molecule has 0 aromatic rings. The van der Waals surface area contributed by atoms with Crippen LogP contribution in [0.3, 0.4) is 0 Å². The van der Waals surface area contributed by atoms with Gasteiger partial charge in [-0.2, -0.15) is 0 Å². The predicted molar refractivity (Wildman–Crippen MR) is 81.1 cm³/mol. The number of amides is 4.